The Morgan fingerprint density at radius 2 is 1.95 bits per heavy atom. The van der Waals surface area contributed by atoms with Gasteiger partial charge >= 0.3 is 0 Å². The molecule has 0 saturated heterocycles. The number of rotatable bonds is 6. The zero-order chi connectivity index (χ0) is 15.3. The van der Waals surface area contributed by atoms with Crippen molar-refractivity contribution in [1.82, 2.24) is 5.32 Å². The smallest absolute Gasteiger partial charge is 0.258 e. The van der Waals surface area contributed by atoms with Crippen molar-refractivity contribution in [2.24, 2.45) is 5.41 Å². The number of carbonyl (C=O) groups excluding carboxylic acids is 1. The van der Waals surface area contributed by atoms with Crippen LogP contribution in [0.4, 0.5) is 0 Å². The highest BCUT2D eigenvalue weighted by atomic mass is 16.5. The Balaban J connectivity index is 1.82. The van der Waals surface area contributed by atoms with Crippen LogP contribution in [-0.4, -0.2) is 25.2 Å². The minimum atomic E-state index is -0.0657. The zero-order valence-corrected chi connectivity index (χ0v) is 13.1. The highest BCUT2D eigenvalue weighted by Crippen LogP contribution is 2.36. The van der Waals surface area contributed by atoms with Gasteiger partial charge in [-0.25, -0.2) is 0 Å². The quantitative estimate of drug-likeness (QED) is 0.876. The van der Waals surface area contributed by atoms with Crippen molar-refractivity contribution in [3.8, 4) is 11.5 Å². The van der Waals surface area contributed by atoms with Gasteiger partial charge < -0.3 is 14.8 Å². The molecule has 116 valence electrons. The van der Waals surface area contributed by atoms with E-state index in [1.807, 2.05) is 31.2 Å². The van der Waals surface area contributed by atoms with E-state index in [-0.39, 0.29) is 18.6 Å². The van der Waals surface area contributed by atoms with Gasteiger partial charge in [-0.2, -0.15) is 0 Å². The van der Waals surface area contributed by atoms with Crippen LogP contribution in [0.1, 0.15) is 40.0 Å². The molecule has 1 N–H and O–H groups in total. The molecule has 1 fully saturated rings. The third-order valence-electron chi connectivity index (χ3n) is 3.84. The van der Waals surface area contributed by atoms with E-state index < -0.39 is 0 Å². The monoisotopic (exact) mass is 291 g/mol. The predicted molar refractivity (Wildman–Crippen MR) is 82.7 cm³/mol. The summed E-state index contributed by atoms with van der Waals surface area (Å²) in [5.74, 6) is 1.22. The summed E-state index contributed by atoms with van der Waals surface area (Å²) in [6.07, 6.45) is 3.24. The molecule has 2 rings (SSSR count). The fraction of sp³-hybridized carbons (Fsp3) is 0.588. The van der Waals surface area contributed by atoms with Gasteiger partial charge in [0.05, 0.1) is 6.61 Å². The number of amides is 1. The van der Waals surface area contributed by atoms with Crippen molar-refractivity contribution in [3.63, 3.8) is 0 Å². The van der Waals surface area contributed by atoms with E-state index in [0.717, 1.165) is 19.3 Å². The average Bonchev–Trinajstić information content (AvgIpc) is 2.77. The lowest BCUT2D eigenvalue weighted by Gasteiger charge is -2.18. The summed E-state index contributed by atoms with van der Waals surface area (Å²) in [6, 6.07) is 7.69. The molecule has 0 aromatic heterocycles. The molecule has 4 nitrogen and oxygen atoms in total. The van der Waals surface area contributed by atoms with Crippen LogP contribution in [-0.2, 0) is 4.79 Å². The third-order valence-corrected chi connectivity index (χ3v) is 3.84. The Bertz CT molecular complexity index is 485. The predicted octanol–water partition coefficient (Wildman–Crippen LogP) is 3.16. The Labute approximate surface area is 126 Å². The second-order valence-corrected chi connectivity index (χ2v) is 6.34. The lowest BCUT2D eigenvalue weighted by Crippen LogP contribution is -2.36. The van der Waals surface area contributed by atoms with E-state index >= 15 is 0 Å². The molecule has 0 heterocycles. The van der Waals surface area contributed by atoms with Crippen molar-refractivity contribution in [2.45, 2.75) is 46.1 Å². The minimum absolute atomic E-state index is 0.0288. The number of hydrogen-bond acceptors (Lipinski definition) is 3. The van der Waals surface area contributed by atoms with Gasteiger partial charge in [0.1, 0.15) is 0 Å². The Kier molecular flexibility index (Phi) is 5.10. The van der Waals surface area contributed by atoms with E-state index in [4.69, 9.17) is 9.47 Å². The fourth-order valence-electron chi connectivity index (χ4n) is 2.82. The maximum atomic E-state index is 12.0. The average molecular weight is 291 g/mol. The van der Waals surface area contributed by atoms with Gasteiger partial charge in [-0.15, -0.1) is 0 Å². The van der Waals surface area contributed by atoms with E-state index in [0.29, 0.717) is 23.5 Å². The first kappa shape index (κ1) is 15.7. The summed E-state index contributed by atoms with van der Waals surface area (Å²) in [6.45, 7) is 7.01. The van der Waals surface area contributed by atoms with Crippen LogP contribution in [0.3, 0.4) is 0 Å². The molecule has 1 atom stereocenters. The Hall–Kier alpha value is -1.71. The Morgan fingerprint density at radius 1 is 1.29 bits per heavy atom. The molecule has 0 spiro atoms. The van der Waals surface area contributed by atoms with E-state index in [2.05, 4.69) is 19.2 Å². The number of benzene rings is 1. The molecule has 0 radical (unpaired) electrons. The lowest BCUT2D eigenvalue weighted by atomic mass is 9.92. The molecule has 0 aliphatic heterocycles. The normalized spacial score (nSPS) is 20.0. The first-order chi connectivity index (χ1) is 10.00. The third kappa shape index (κ3) is 4.66. The summed E-state index contributed by atoms with van der Waals surface area (Å²) in [5, 5.41) is 3.05. The van der Waals surface area contributed by atoms with Crippen LogP contribution < -0.4 is 14.8 Å². The molecule has 1 amide bonds. The molecule has 1 aromatic rings. The second-order valence-electron chi connectivity index (χ2n) is 6.34. The number of nitrogens with one attached hydrogen (secondary N) is 1. The molecule has 1 unspecified atom stereocenters. The summed E-state index contributed by atoms with van der Waals surface area (Å²) in [4.78, 5) is 12.0. The van der Waals surface area contributed by atoms with Crippen LogP contribution in [0.5, 0.6) is 11.5 Å². The molecule has 1 aliphatic rings. The minimum Gasteiger partial charge on any atom is -0.490 e. The molecule has 0 bridgehead atoms. The summed E-state index contributed by atoms with van der Waals surface area (Å²) in [7, 11) is 0. The van der Waals surface area contributed by atoms with Crippen molar-refractivity contribution >= 4 is 5.91 Å². The van der Waals surface area contributed by atoms with E-state index in [9.17, 15) is 4.79 Å². The van der Waals surface area contributed by atoms with Crippen LogP contribution in [0, 0.1) is 5.41 Å². The molecule has 1 saturated carbocycles. The molecule has 4 heteroatoms. The van der Waals surface area contributed by atoms with Gasteiger partial charge in [-0.1, -0.05) is 26.0 Å². The van der Waals surface area contributed by atoms with Crippen LogP contribution in [0.25, 0.3) is 0 Å². The van der Waals surface area contributed by atoms with Crippen LogP contribution in [0.2, 0.25) is 0 Å². The van der Waals surface area contributed by atoms with Crippen molar-refractivity contribution < 1.29 is 14.3 Å². The molecular formula is C17H25NO3. The van der Waals surface area contributed by atoms with Crippen LogP contribution >= 0.6 is 0 Å². The molecule has 1 aliphatic carbocycles. The van der Waals surface area contributed by atoms with Gasteiger partial charge in [0.2, 0.25) is 0 Å². The summed E-state index contributed by atoms with van der Waals surface area (Å²) in [5.41, 5.74) is 0.334. The number of hydrogen-bond donors (Lipinski definition) is 1. The van der Waals surface area contributed by atoms with Gasteiger partial charge in [-0.05, 0) is 43.7 Å². The lowest BCUT2D eigenvalue weighted by molar-refractivity contribution is -0.123. The summed E-state index contributed by atoms with van der Waals surface area (Å²) < 4.78 is 11.1. The highest BCUT2D eigenvalue weighted by Gasteiger charge is 2.31. The van der Waals surface area contributed by atoms with Crippen LogP contribution in [0.15, 0.2) is 24.3 Å². The van der Waals surface area contributed by atoms with E-state index in [1.165, 1.54) is 0 Å². The SMILES string of the molecule is CCOc1ccccc1OCC(=O)NC1CCC(C)(C)C1. The van der Waals surface area contributed by atoms with Gasteiger partial charge in [0.15, 0.2) is 18.1 Å². The summed E-state index contributed by atoms with van der Waals surface area (Å²) >= 11 is 0. The molecular weight excluding hydrogens is 266 g/mol. The topological polar surface area (TPSA) is 47.6 Å². The first-order valence-electron chi connectivity index (χ1n) is 7.64. The second kappa shape index (κ2) is 6.83. The largest absolute Gasteiger partial charge is 0.490 e. The van der Waals surface area contributed by atoms with Crippen molar-refractivity contribution in [2.75, 3.05) is 13.2 Å². The Morgan fingerprint density at radius 3 is 2.52 bits per heavy atom. The fourth-order valence-corrected chi connectivity index (χ4v) is 2.82. The zero-order valence-electron chi connectivity index (χ0n) is 13.1. The maximum Gasteiger partial charge on any atom is 0.258 e. The van der Waals surface area contributed by atoms with Gasteiger partial charge in [0.25, 0.3) is 5.91 Å². The maximum absolute atomic E-state index is 12.0. The number of carbonyl (C=O) groups is 1. The standard InChI is InChI=1S/C17H25NO3/c1-4-20-14-7-5-6-8-15(14)21-12-16(19)18-13-9-10-17(2,3)11-13/h5-8,13H,4,9-12H2,1-3H3,(H,18,19). The van der Waals surface area contributed by atoms with E-state index in [1.54, 1.807) is 0 Å². The first-order valence-corrected chi connectivity index (χ1v) is 7.64. The van der Waals surface area contributed by atoms with Crippen molar-refractivity contribution in [3.05, 3.63) is 24.3 Å². The highest BCUT2D eigenvalue weighted by molar-refractivity contribution is 5.78. The molecule has 21 heavy (non-hydrogen) atoms. The molecule has 1 aromatic carbocycles. The van der Waals surface area contributed by atoms with Gasteiger partial charge in [-0.3, -0.25) is 4.79 Å². The van der Waals surface area contributed by atoms with Crippen molar-refractivity contribution in [1.29, 1.82) is 0 Å². The number of para-hydroxylation sites is 2. The van der Waals surface area contributed by atoms with Gasteiger partial charge in [0, 0.05) is 6.04 Å². The number of ether oxygens (including phenoxy) is 2.